The van der Waals surface area contributed by atoms with Gasteiger partial charge in [0, 0.05) is 12.8 Å². The quantitative estimate of drug-likeness (QED) is 0.831. The van der Waals surface area contributed by atoms with Gasteiger partial charge in [0.2, 0.25) is 5.91 Å². The Labute approximate surface area is 107 Å². The highest BCUT2D eigenvalue weighted by molar-refractivity contribution is 7.90. The maximum absolute atomic E-state index is 11.5. The molecule has 0 aliphatic rings. The fourth-order valence-electron chi connectivity index (χ4n) is 1.26. The Bertz CT molecular complexity index is 527. The smallest absolute Gasteiger partial charge is 0.239 e. The van der Waals surface area contributed by atoms with Crippen molar-refractivity contribution in [3.8, 4) is 0 Å². The number of carbonyl (C=O) groups excluding carboxylic acids is 1. The Balaban J connectivity index is 2.69. The van der Waals surface area contributed by atoms with E-state index in [1.807, 2.05) is 0 Å². The lowest BCUT2D eigenvalue weighted by molar-refractivity contribution is -0.125. The molecule has 1 aromatic carbocycles. The predicted molar refractivity (Wildman–Crippen MR) is 69.7 cm³/mol. The van der Waals surface area contributed by atoms with Gasteiger partial charge >= 0.3 is 0 Å². The lowest BCUT2D eigenvalue weighted by atomic mass is 10.1. The van der Waals surface area contributed by atoms with Gasteiger partial charge in [0.05, 0.1) is 10.4 Å². The van der Waals surface area contributed by atoms with Gasteiger partial charge in [-0.05, 0) is 31.5 Å². The van der Waals surface area contributed by atoms with Crippen LogP contribution in [-0.2, 0) is 21.2 Å². The van der Waals surface area contributed by atoms with Crippen LogP contribution in [0.4, 0.5) is 0 Å². The molecule has 100 valence electrons. The van der Waals surface area contributed by atoms with Crippen molar-refractivity contribution in [2.24, 2.45) is 5.73 Å². The van der Waals surface area contributed by atoms with Crippen LogP contribution in [0.25, 0.3) is 0 Å². The molecule has 0 radical (unpaired) electrons. The Morgan fingerprint density at radius 3 is 2.17 bits per heavy atom. The van der Waals surface area contributed by atoms with Crippen molar-refractivity contribution >= 4 is 15.7 Å². The molecule has 0 bridgehead atoms. The fraction of sp³-hybridized carbons (Fsp3) is 0.417. The van der Waals surface area contributed by atoms with Crippen molar-refractivity contribution in [3.05, 3.63) is 29.8 Å². The summed E-state index contributed by atoms with van der Waals surface area (Å²) in [6.07, 6.45) is 1.15. The van der Waals surface area contributed by atoms with Crippen LogP contribution in [0.5, 0.6) is 0 Å². The minimum atomic E-state index is -3.18. The molecule has 3 N–H and O–H groups in total. The summed E-state index contributed by atoms with van der Waals surface area (Å²) in [5.74, 6) is -0.255. The second-order valence-electron chi connectivity index (χ2n) is 4.82. The van der Waals surface area contributed by atoms with Gasteiger partial charge in [-0.15, -0.1) is 0 Å². The van der Waals surface area contributed by atoms with Gasteiger partial charge in [-0.2, -0.15) is 0 Å². The van der Waals surface area contributed by atoms with E-state index in [2.05, 4.69) is 5.32 Å². The van der Waals surface area contributed by atoms with Crippen LogP contribution >= 0.6 is 0 Å². The molecular formula is C12H18N2O3S. The summed E-state index contributed by atoms with van der Waals surface area (Å²) < 4.78 is 22.5. The summed E-state index contributed by atoms with van der Waals surface area (Å²) in [7, 11) is -3.18. The zero-order chi connectivity index (χ0) is 14.0. The van der Waals surface area contributed by atoms with E-state index in [-0.39, 0.29) is 10.8 Å². The molecule has 0 unspecified atom stereocenters. The van der Waals surface area contributed by atoms with Crippen molar-refractivity contribution in [2.45, 2.75) is 30.8 Å². The van der Waals surface area contributed by atoms with E-state index in [0.717, 1.165) is 11.8 Å². The molecule has 0 saturated carbocycles. The van der Waals surface area contributed by atoms with E-state index in [9.17, 15) is 13.2 Å². The maximum atomic E-state index is 11.5. The lowest BCUT2D eigenvalue weighted by Gasteiger charge is -2.17. The molecule has 1 rings (SSSR count). The molecule has 1 aromatic rings. The fourth-order valence-corrected chi connectivity index (χ4v) is 1.90. The van der Waals surface area contributed by atoms with Crippen molar-refractivity contribution in [3.63, 3.8) is 0 Å². The summed E-state index contributed by atoms with van der Waals surface area (Å²) in [5, 5.41) is 2.68. The topological polar surface area (TPSA) is 89.3 Å². The molecular weight excluding hydrogens is 252 g/mol. The SMILES string of the molecule is CC(C)(N)C(=O)NCc1ccc(S(C)(=O)=O)cc1. The van der Waals surface area contributed by atoms with Gasteiger partial charge in [0.1, 0.15) is 0 Å². The predicted octanol–water partition coefficient (Wildman–Crippen LogP) is 0.444. The van der Waals surface area contributed by atoms with Crippen LogP contribution in [0.15, 0.2) is 29.2 Å². The van der Waals surface area contributed by atoms with Crippen LogP contribution in [0.2, 0.25) is 0 Å². The maximum Gasteiger partial charge on any atom is 0.239 e. The molecule has 0 spiro atoms. The first kappa shape index (κ1) is 14.7. The molecule has 18 heavy (non-hydrogen) atoms. The summed E-state index contributed by atoms with van der Waals surface area (Å²) in [4.78, 5) is 11.8. The number of sulfone groups is 1. The number of nitrogens with two attached hydrogens (primary N) is 1. The van der Waals surface area contributed by atoms with E-state index >= 15 is 0 Å². The average molecular weight is 270 g/mol. The number of hydrogen-bond donors (Lipinski definition) is 2. The zero-order valence-electron chi connectivity index (χ0n) is 10.7. The zero-order valence-corrected chi connectivity index (χ0v) is 11.5. The molecule has 0 fully saturated rings. The van der Waals surface area contributed by atoms with Gasteiger partial charge in [-0.1, -0.05) is 12.1 Å². The van der Waals surface area contributed by atoms with Crippen molar-refractivity contribution < 1.29 is 13.2 Å². The van der Waals surface area contributed by atoms with Crippen LogP contribution in [0, 0.1) is 0 Å². The molecule has 5 nitrogen and oxygen atoms in total. The normalized spacial score (nSPS) is 12.2. The second kappa shape index (κ2) is 5.07. The monoisotopic (exact) mass is 270 g/mol. The Morgan fingerprint density at radius 1 is 1.28 bits per heavy atom. The summed E-state index contributed by atoms with van der Waals surface area (Å²) in [6, 6.07) is 6.37. The highest BCUT2D eigenvalue weighted by Crippen LogP contribution is 2.10. The Morgan fingerprint density at radius 2 is 1.78 bits per heavy atom. The first-order valence-electron chi connectivity index (χ1n) is 5.47. The number of hydrogen-bond acceptors (Lipinski definition) is 4. The number of benzene rings is 1. The molecule has 0 atom stereocenters. The molecule has 0 aliphatic carbocycles. The van der Waals surface area contributed by atoms with E-state index in [4.69, 9.17) is 5.73 Å². The molecule has 0 aliphatic heterocycles. The number of rotatable bonds is 4. The largest absolute Gasteiger partial charge is 0.350 e. The van der Waals surface area contributed by atoms with Crippen molar-refractivity contribution in [2.75, 3.05) is 6.26 Å². The minimum Gasteiger partial charge on any atom is -0.350 e. The van der Waals surface area contributed by atoms with E-state index < -0.39 is 15.4 Å². The van der Waals surface area contributed by atoms with Gasteiger partial charge in [-0.25, -0.2) is 8.42 Å². The summed E-state index contributed by atoms with van der Waals surface area (Å²) in [5.41, 5.74) is 5.53. The van der Waals surface area contributed by atoms with E-state index in [0.29, 0.717) is 6.54 Å². The Kier molecular flexibility index (Phi) is 4.13. The number of amides is 1. The number of nitrogens with one attached hydrogen (secondary N) is 1. The molecule has 6 heteroatoms. The summed E-state index contributed by atoms with van der Waals surface area (Å²) >= 11 is 0. The van der Waals surface area contributed by atoms with Gasteiger partial charge in [0.25, 0.3) is 0 Å². The number of carbonyl (C=O) groups is 1. The summed E-state index contributed by atoms with van der Waals surface area (Å²) in [6.45, 7) is 3.56. The third-order valence-corrected chi connectivity index (χ3v) is 3.52. The molecule has 1 amide bonds. The third kappa shape index (κ3) is 4.12. The standard InChI is InChI=1S/C12H18N2O3S/c1-12(2,13)11(15)14-8-9-4-6-10(7-5-9)18(3,16)17/h4-7H,8,13H2,1-3H3,(H,14,15). The van der Waals surface area contributed by atoms with Crippen LogP contribution < -0.4 is 11.1 Å². The lowest BCUT2D eigenvalue weighted by Crippen LogP contribution is -2.48. The average Bonchev–Trinajstić information content (AvgIpc) is 2.24. The van der Waals surface area contributed by atoms with Crippen molar-refractivity contribution in [1.29, 1.82) is 0 Å². The minimum absolute atomic E-state index is 0.255. The van der Waals surface area contributed by atoms with Crippen LogP contribution in [0.3, 0.4) is 0 Å². The highest BCUT2D eigenvalue weighted by atomic mass is 32.2. The molecule has 0 aromatic heterocycles. The first-order valence-corrected chi connectivity index (χ1v) is 7.36. The van der Waals surface area contributed by atoms with E-state index in [1.165, 1.54) is 12.1 Å². The van der Waals surface area contributed by atoms with Gasteiger partial charge < -0.3 is 11.1 Å². The Hall–Kier alpha value is -1.40. The molecule has 0 saturated heterocycles. The van der Waals surface area contributed by atoms with Gasteiger partial charge in [0.15, 0.2) is 9.84 Å². The van der Waals surface area contributed by atoms with Gasteiger partial charge in [-0.3, -0.25) is 4.79 Å². The molecule has 0 heterocycles. The third-order valence-electron chi connectivity index (χ3n) is 2.39. The van der Waals surface area contributed by atoms with Crippen LogP contribution in [-0.4, -0.2) is 26.1 Å². The van der Waals surface area contributed by atoms with Crippen molar-refractivity contribution in [1.82, 2.24) is 5.32 Å². The van der Waals surface area contributed by atoms with E-state index in [1.54, 1.807) is 26.0 Å². The van der Waals surface area contributed by atoms with Crippen LogP contribution in [0.1, 0.15) is 19.4 Å². The highest BCUT2D eigenvalue weighted by Gasteiger charge is 2.21. The first-order chi connectivity index (χ1) is 8.10. The second-order valence-corrected chi connectivity index (χ2v) is 6.84.